The molecule has 4 aromatic heterocycles. The quantitative estimate of drug-likeness (QED) is 0.0738. The number of amides is 5. The number of benzene rings is 2. The molecule has 5 amide bonds. The molecule has 0 aliphatic carbocycles. The summed E-state index contributed by atoms with van der Waals surface area (Å²) < 4.78 is 0. The largest absolute Gasteiger partial charge is 0.355 e. The number of rotatable bonds is 13. The minimum atomic E-state index is -0.137. The Balaban J connectivity index is 0.000000922. The van der Waals surface area contributed by atoms with Gasteiger partial charge in [0, 0.05) is 89.0 Å². The number of hydrogen-bond donors (Lipinski definition) is 5. The Bertz CT molecular complexity index is 2570. The molecule has 0 saturated heterocycles. The summed E-state index contributed by atoms with van der Waals surface area (Å²) in [5.41, 5.74) is 10.9. The van der Waals surface area contributed by atoms with Crippen molar-refractivity contribution in [2.24, 2.45) is 0 Å². The van der Waals surface area contributed by atoms with Gasteiger partial charge < -0.3 is 26.6 Å². The molecular weight excluding hydrogens is 991 g/mol. The second-order valence-electron chi connectivity index (χ2n) is 20.0. The van der Waals surface area contributed by atoms with Crippen LogP contribution in [0.25, 0.3) is 0 Å². The third kappa shape index (κ3) is 27.3. The van der Waals surface area contributed by atoms with Gasteiger partial charge in [0.2, 0.25) is 5.91 Å². The molecule has 0 radical (unpaired) electrons. The van der Waals surface area contributed by atoms with Crippen LogP contribution in [0.5, 0.6) is 0 Å². The first-order valence-electron chi connectivity index (χ1n) is 26.5. The van der Waals surface area contributed by atoms with Crippen molar-refractivity contribution in [3.8, 4) is 0 Å². The highest BCUT2D eigenvalue weighted by Gasteiger charge is 2.11. The van der Waals surface area contributed by atoms with Crippen molar-refractivity contribution in [3.63, 3.8) is 0 Å². The second kappa shape index (κ2) is 37.8. The van der Waals surface area contributed by atoms with Crippen LogP contribution >= 0.6 is 0 Å². The Kier molecular flexibility index (Phi) is 34.0. The van der Waals surface area contributed by atoms with Crippen molar-refractivity contribution in [2.75, 3.05) is 33.5 Å². The molecule has 428 valence electrons. The fourth-order valence-corrected chi connectivity index (χ4v) is 6.83. The van der Waals surface area contributed by atoms with Crippen LogP contribution in [0.15, 0.2) is 122 Å². The first-order chi connectivity index (χ1) is 36.8. The van der Waals surface area contributed by atoms with E-state index >= 15 is 0 Å². The van der Waals surface area contributed by atoms with Gasteiger partial charge >= 0.3 is 0 Å². The zero-order valence-electron chi connectivity index (χ0n) is 49.5. The SMILES string of the molecule is C.CC(=O)Cc1cccc(C(C)C)c1.CC(=O)Nc1ccccc1C(C)C.CNC(=O)c1cc(C(C)C)ccn1.CNC(=O)c1cccc(C(C)C)n1.CNC(=O)c1ccnc(C(C)C)c1.CNC(=O)c1cncc(C(C)C)c1. The molecule has 0 spiro atoms. The molecule has 2 aromatic carbocycles. The van der Waals surface area contributed by atoms with E-state index < -0.39 is 0 Å². The number of nitrogens with zero attached hydrogens (tertiary/aromatic N) is 4. The average Bonchev–Trinajstić information content (AvgIpc) is 3.42. The second-order valence-corrected chi connectivity index (χ2v) is 20.0. The first kappa shape index (κ1) is 71.1. The van der Waals surface area contributed by atoms with E-state index in [4.69, 9.17) is 0 Å². The number of Topliss-reactive ketones (excluding diaryl/α,β-unsaturated/α-hetero) is 1. The molecule has 0 atom stereocenters. The van der Waals surface area contributed by atoms with Gasteiger partial charge in [-0.15, -0.1) is 0 Å². The van der Waals surface area contributed by atoms with E-state index in [9.17, 15) is 28.8 Å². The van der Waals surface area contributed by atoms with Gasteiger partial charge in [-0.25, -0.2) is 4.98 Å². The summed E-state index contributed by atoms with van der Waals surface area (Å²) in [5.74, 6) is 2.27. The number of anilines is 1. The van der Waals surface area contributed by atoms with Crippen LogP contribution in [-0.4, -0.2) is 83.4 Å². The lowest BCUT2D eigenvalue weighted by molar-refractivity contribution is -0.116. The normalized spacial score (nSPS) is 10.1. The smallest absolute Gasteiger partial charge is 0.269 e. The third-order valence-corrected chi connectivity index (χ3v) is 11.5. The maximum absolute atomic E-state index is 11.2. The highest BCUT2D eigenvalue weighted by atomic mass is 16.2. The molecule has 0 fully saturated rings. The van der Waals surface area contributed by atoms with Crippen LogP contribution in [0.4, 0.5) is 5.69 Å². The predicted octanol–water partition coefficient (Wildman–Crippen LogP) is 12.6. The lowest BCUT2D eigenvalue weighted by Crippen LogP contribution is -2.19. The van der Waals surface area contributed by atoms with Crippen molar-refractivity contribution in [1.29, 1.82) is 0 Å². The number of ketones is 1. The summed E-state index contributed by atoms with van der Waals surface area (Å²) in [7, 11) is 6.44. The maximum atomic E-state index is 11.2. The summed E-state index contributed by atoms with van der Waals surface area (Å²) in [6, 6.07) is 30.8. The zero-order chi connectivity index (χ0) is 59.1. The molecular formula is C64H91N9O6. The van der Waals surface area contributed by atoms with Gasteiger partial charge in [-0.05, 0) is 119 Å². The Hall–Kier alpha value is -7.94. The average molecular weight is 1080 g/mol. The lowest BCUT2D eigenvalue weighted by atomic mass is 9.99. The van der Waals surface area contributed by atoms with Crippen molar-refractivity contribution >= 4 is 41.0 Å². The van der Waals surface area contributed by atoms with Gasteiger partial charge in [0.05, 0.1) is 5.56 Å². The molecule has 15 nitrogen and oxygen atoms in total. The Morgan fingerprint density at radius 2 is 0.987 bits per heavy atom. The molecule has 0 saturated carbocycles. The first-order valence-corrected chi connectivity index (χ1v) is 26.5. The maximum Gasteiger partial charge on any atom is 0.269 e. The summed E-state index contributed by atoms with van der Waals surface area (Å²) >= 11 is 0. The number of pyridine rings is 4. The molecule has 0 bridgehead atoms. The monoisotopic (exact) mass is 1080 g/mol. The topological polar surface area (TPSA) is 214 Å². The van der Waals surface area contributed by atoms with Crippen molar-refractivity contribution in [1.82, 2.24) is 41.2 Å². The molecule has 5 N–H and O–H groups in total. The van der Waals surface area contributed by atoms with E-state index in [1.165, 1.54) is 18.1 Å². The molecule has 0 unspecified atom stereocenters. The van der Waals surface area contributed by atoms with Gasteiger partial charge in [-0.1, -0.05) is 139 Å². The third-order valence-electron chi connectivity index (χ3n) is 11.5. The standard InChI is InChI=1S/C12H16O.C11H15NO.4C10H14N2O.CH4/c1-9(2)12-6-4-5-11(8-12)7-10(3)13;1-8(2)10-6-4-5-7-11(10)12-9(3)13;1-7(2)8-4-9(6-12-5-8)10(13)11-3;1-7(2)9-6-8(4-5-12-9)10(13)11-3;1-7(2)8-4-5-12-9(6-8)10(13)11-3;1-7(2)8-5-4-6-9(12-8)10(13)11-3;/h4-6,8-9H,7H2,1-3H3;4-8H,1-3H3,(H,12,13);4*4-7H,1-3H3,(H,11,13);1H4. The fourth-order valence-electron chi connectivity index (χ4n) is 6.83. The minimum Gasteiger partial charge on any atom is -0.355 e. The van der Waals surface area contributed by atoms with Gasteiger partial charge in [0.1, 0.15) is 17.2 Å². The summed E-state index contributed by atoms with van der Waals surface area (Å²) in [6.45, 7) is 28.2. The van der Waals surface area contributed by atoms with E-state index in [0.29, 0.717) is 64.4 Å². The predicted molar refractivity (Wildman–Crippen MR) is 323 cm³/mol. The van der Waals surface area contributed by atoms with Gasteiger partial charge in [-0.3, -0.25) is 43.7 Å². The van der Waals surface area contributed by atoms with Crippen LogP contribution in [0, 0.1) is 0 Å². The Morgan fingerprint density at radius 3 is 1.52 bits per heavy atom. The number of carbonyl (C=O) groups is 6. The minimum absolute atomic E-state index is 0. The van der Waals surface area contributed by atoms with Gasteiger partial charge in [0.15, 0.2) is 0 Å². The van der Waals surface area contributed by atoms with E-state index in [1.807, 2.05) is 72.8 Å². The van der Waals surface area contributed by atoms with Gasteiger partial charge in [-0.2, -0.15) is 0 Å². The zero-order valence-corrected chi connectivity index (χ0v) is 49.5. The molecule has 0 aliphatic rings. The molecule has 79 heavy (non-hydrogen) atoms. The lowest BCUT2D eigenvalue weighted by Gasteiger charge is -2.12. The van der Waals surface area contributed by atoms with Crippen LogP contribution < -0.4 is 26.6 Å². The summed E-state index contributed by atoms with van der Waals surface area (Å²) in [4.78, 5) is 83.1. The van der Waals surface area contributed by atoms with Crippen molar-refractivity contribution in [2.45, 2.75) is 146 Å². The van der Waals surface area contributed by atoms with Crippen LogP contribution in [-0.2, 0) is 16.0 Å². The van der Waals surface area contributed by atoms with Crippen molar-refractivity contribution in [3.05, 3.63) is 184 Å². The molecule has 4 heterocycles. The van der Waals surface area contributed by atoms with Gasteiger partial charge in [0.25, 0.3) is 23.6 Å². The number of aromatic nitrogens is 4. The number of nitrogens with one attached hydrogen (secondary N) is 5. The van der Waals surface area contributed by atoms with E-state index in [2.05, 4.69) is 142 Å². The molecule has 0 aliphatic heterocycles. The van der Waals surface area contributed by atoms with E-state index in [1.54, 1.807) is 72.0 Å². The van der Waals surface area contributed by atoms with Crippen LogP contribution in [0.1, 0.15) is 221 Å². The number of carbonyl (C=O) groups excluding carboxylic acids is 6. The fraction of sp³-hybridized carbons (Fsp3) is 0.406. The van der Waals surface area contributed by atoms with Crippen molar-refractivity contribution < 1.29 is 28.8 Å². The molecule has 6 aromatic rings. The Morgan fingerprint density at radius 1 is 0.456 bits per heavy atom. The summed E-state index contributed by atoms with van der Waals surface area (Å²) in [5, 5.41) is 13.1. The number of para-hydroxylation sites is 1. The number of hydrogen-bond acceptors (Lipinski definition) is 10. The van der Waals surface area contributed by atoms with E-state index in [0.717, 1.165) is 33.8 Å². The summed E-state index contributed by atoms with van der Waals surface area (Å²) in [6.07, 6.45) is 7.25. The highest BCUT2D eigenvalue weighted by Crippen LogP contribution is 2.23. The molecule has 6 rings (SSSR count). The van der Waals surface area contributed by atoms with Crippen LogP contribution in [0.2, 0.25) is 0 Å². The Labute approximate surface area is 472 Å². The van der Waals surface area contributed by atoms with Crippen LogP contribution in [0.3, 0.4) is 0 Å². The highest BCUT2D eigenvalue weighted by molar-refractivity contribution is 5.95. The van der Waals surface area contributed by atoms with E-state index in [-0.39, 0.29) is 42.7 Å². The molecule has 15 heteroatoms.